The van der Waals surface area contributed by atoms with Gasteiger partial charge in [0.2, 0.25) is 0 Å². The molecule has 3 nitrogen and oxygen atoms in total. The summed E-state index contributed by atoms with van der Waals surface area (Å²) in [5.41, 5.74) is 0. The fraction of sp³-hybridized carbons (Fsp3) is 0.643. The van der Waals surface area contributed by atoms with Crippen molar-refractivity contribution in [3.63, 3.8) is 0 Å². The van der Waals surface area contributed by atoms with Gasteiger partial charge in [0.25, 0.3) is 0 Å². The van der Waals surface area contributed by atoms with E-state index in [2.05, 4.69) is 10.6 Å². The summed E-state index contributed by atoms with van der Waals surface area (Å²) in [6.07, 6.45) is 8.28. The quantitative estimate of drug-likeness (QED) is 0.622. The first-order chi connectivity index (χ1) is 9.34. The Labute approximate surface area is 124 Å². The maximum absolute atomic E-state index is 5.31. The van der Waals surface area contributed by atoms with Gasteiger partial charge in [-0.15, -0.1) is 0 Å². The summed E-state index contributed by atoms with van der Waals surface area (Å²) < 4.78 is 5.28. The molecule has 5 heteroatoms. The lowest BCUT2D eigenvalue weighted by Crippen LogP contribution is -2.43. The van der Waals surface area contributed by atoms with Crippen LogP contribution in [0.5, 0.6) is 0 Å². The van der Waals surface area contributed by atoms with Crippen LogP contribution in [0.4, 0.5) is 0 Å². The summed E-state index contributed by atoms with van der Waals surface area (Å²) in [5.74, 6) is 3.00. The minimum absolute atomic E-state index is 0.588. The van der Waals surface area contributed by atoms with Crippen molar-refractivity contribution in [1.29, 1.82) is 0 Å². The van der Waals surface area contributed by atoms with E-state index < -0.39 is 0 Å². The zero-order valence-corrected chi connectivity index (χ0v) is 12.8. The molecule has 1 aromatic heterocycles. The number of hydrogen-bond donors (Lipinski definition) is 2. The summed E-state index contributed by atoms with van der Waals surface area (Å²) in [4.78, 5) is 0. The first kappa shape index (κ1) is 14.7. The molecular weight excluding hydrogens is 276 g/mol. The molecule has 0 radical (unpaired) electrons. The van der Waals surface area contributed by atoms with E-state index in [9.17, 15) is 0 Å². The van der Waals surface area contributed by atoms with Gasteiger partial charge in [0.1, 0.15) is 5.76 Å². The van der Waals surface area contributed by atoms with Crippen LogP contribution in [-0.2, 0) is 5.75 Å². The number of furan rings is 1. The average molecular weight is 298 g/mol. The summed E-state index contributed by atoms with van der Waals surface area (Å²) in [7, 11) is 0. The summed E-state index contributed by atoms with van der Waals surface area (Å²) in [5, 5.41) is 7.51. The van der Waals surface area contributed by atoms with Crippen LogP contribution in [0.2, 0.25) is 0 Å². The van der Waals surface area contributed by atoms with Crippen molar-refractivity contribution in [1.82, 2.24) is 10.6 Å². The van der Waals surface area contributed by atoms with Gasteiger partial charge < -0.3 is 15.1 Å². The highest BCUT2D eigenvalue weighted by molar-refractivity contribution is 7.98. The van der Waals surface area contributed by atoms with E-state index in [0.717, 1.165) is 28.9 Å². The van der Waals surface area contributed by atoms with E-state index in [0.29, 0.717) is 6.04 Å². The highest BCUT2D eigenvalue weighted by Crippen LogP contribution is 2.17. The zero-order chi connectivity index (χ0) is 13.3. The van der Waals surface area contributed by atoms with Gasteiger partial charge in [0, 0.05) is 18.3 Å². The van der Waals surface area contributed by atoms with Gasteiger partial charge in [-0.25, -0.2) is 0 Å². The van der Waals surface area contributed by atoms with Gasteiger partial charge in [-0.05, 0) is 37.2 Å². The highest BCUT2D eigenvalue weighted by Gasteiger charge is 2.13. The van der Waals surface area contributed by atoms with Crippen LogP contribution in [0.3, 0.4) is 0 Å². The summed E-state index contributed by atoms with van der Waals surface area (Å²) in [6.45, 7) is 0.907. The number of nitrogens with one attached hydrogen (secondary N) is 2. The Balaban J connectivity index is 1.49. The second-order valence-corrected chi connectivity index (χ2v) is 6.38. The average Bonchev–Trinajstić information content (AvgIpc) is 2.92. The molecule has 1 heterocycles. The monoisotopic (exact) mass is 298 g/mol. The Morgan fingerprint density at radius 1 is 1.37 bits per heavy atom. The molecule has 0 amide bonds. The Morgan fingerprint density at radius 3 is 2.95 bits per heavy atom. The van der Waals surface area contributed by atoms with E-state index in [4.69, 9.17) is 16.6 Å². The molecule has 0 atom stereocenters. The first-order valence-corrected chi connectivity index (χ1v) is 8.55. The van der Waals surface area contributed by atoms with Crippen molar-refractivity contribution in [2.45, 2.75) is 43.9 Å². The molecule has 0 saturated heterocycles. The highest BCUT2D eigenvalue weighted by atomic mass is 32.2. The number of hydrogen-bond acceptors (Lipinski definition) is 3. The minimum Gasteiger partial charge on any atom is -0.468 e. The van der Waals surface area contributed by atoms with Crippen LogP contribution in [0.1, 0.15) is 37.9 Å². The molecule has 1 saturated carbocycles. The van der Waals surface area contributed by atoms with E-state index in [1.165, 1.54) is 32.1 Å². The van der Waals surface area contributed by atoms with Crippen molar-refractivity contribution >= 4 is 29.1 Å². The molecule has 0 spiro atoms. The Morgan fingerprint density at radius 2 is 2.21 bits per heavy atom. The van der Waals surface area contributed by atoms with E-state index in [1.807, 2.05) is 23.9 Å². The lowest BCUT2D eigenvalue weighted by Gasteiger charge is -2.24. The molecule has 1 aromatic rings. The van der Waals surface area contributed by atoms with Crippen LogP contribution in [0.25, 0.3) is 0 Å². The molecule has 106 valence electrons. The maximum Gasteiger partial charge on any atom is 0.166 e. The molecule has 2 rings (SSSR count). The van der Waals surface area contributed by atoms with Gasteiger partial charge in [0.15, 0.2) is 5.11 Å². The van der Waals surface area contributed by atoms with Crippen molar-refractivity contribution in [2.24, 2.45) is 0 Å². The van der Waals surface area contributed by atoms with Crippen LogP contribution in [0, 0.1) is 0 Å². The van der Waals surface area contributed by atoms with E-state index >= 15 is 0 Å². The molecule has 1 fully saturated rings. The first-order valence-electron chi connectivity index (χ1n) is 6.99. The Bertz CT molecular complexity index is 362. The molecule has 19 heavy (non-hydrogen) atoms. The lowest BCUT2D eigenvalue weighted by molar-refractivity contribution is 0.412. The molecule has 0 aromatic carbocycles. The molecule has 0 bridgehead atoms. The Hall–Kier alpha value is -0.680. The molecular formula is C14H22N2OS2. The molecule has 2 N–H and O–H groups in total. The maximum atomic E-state index is 5.31. The van der Waals surface area contributed by atoms with Crippen molar-refractivity contribution in [3.05, 3.63) is 24.2 Å². The Kier molecular flexibility index (Phi) is 6.57. The smallest absolute Gasteiger partial charge is 0.166 e. The van der Waals surface area contributed by atoms with Crippen LogP contribution >= 0.6 is 24.0 Å². The minimum atomic E-state index is 0.588. The van der Waals surface area contributed by atoms with Crippen LogP contribution in [-0.4, -0.2) is 23.5 Å². The molecule has 0 unspecified atom stereocenters. The largest absolute Gasteiger partial charge is 0.468 e. The van der Waals surface area contributed by atoms with Crippen LogP contribution in [0.15, 0.2) is 22.8 Å². The molecule has 1 aliphatic carbocycles. The SMILES string of the molecule is S=C(NCCSCc1ccco1)NC1CCCCC1. The summed E-state index contributed by atoms with van der Waals surface area (Å²) >= 11 is 7.17. The third-order valence-corrected chi connectivity index (χ3v) is 4.54. The topological polar surface area (TPSA) is 37.2 Å². The lowest BCUT2D eigenvalue weighted by atomic mass is 9.96. The van der Waals surface area contributed by atoms with E-state index in [1.54, 1.807) is 6.26 Å². The molecule has 0 aliphatic heterocycles. The predicted molar refractivity (Wildman–Crippen MR) is 85.5 cm³/mol. The van der Waals surface area contributed by atoms with E-state index in [-0.39, 0.29) is 0 Å². The second-order valence-electron chi connectivity index (χ2n) is 4.87. The predicted octanol–water partition coefficient (Wildman–Crippen LogP) is 3.31. The van der Waals surface area contributed by atoms with Crippen molar-refractivity contribution in [2.75, 3.05) is 12.3 Å². The number of rotatable bonds is 6. The normalized spacial score (nSPS) is 16.2. The standard InChI is InChI=1S/C14H22N2OS2/c18-14(16-12-5-2-1-3-6-12)15-8-10-19-11-13-7-4-9-17-13/h4,7,9,12H,1-3,5-6,8,10-11H2,(H2,15,16,18). The van der Waals surface area contributed by atoms with Crippen LogP contribution < -0.4 is 10.6 Å². The second kappa shape index (κ2) is 8.48. The van der Waals surface area contributed by atoms with Crippen molar-refractivity contribution < 1.29 is 4.42 Å². The van der Waals surface area contributed by atoms with Gasteiger partial charge >= 0.3 is 0 Å². The van der Waals surface area contributed by atoms with Gasteiger partial charge in [-0.2, -0.15) is 11.8 Å². The third kappa shape index (κ3) is 5.87. The number of thioether (sulfide) groups is 1. The van der Waals surface area contributed by atoms with Gasteiger partial charge in [0.05, 0.1) is 12.0 Å². The fourth-order valence-electron chi connectivity index (χ4n) is 2.29. The number of thiocarbonyl (C=S) groups is 1. The molecule has 1 aliphatic rings. The third-order valence-electron chi connectivity index (χ3n) is 3.30. The summed E-state index contributed by atoms with van der Waals surface area (Å²) in [6, 6.07) is 4.53. The fourth-order valence-corrected chi connectivity index (χ4v) is 3.31. The van der Waals surface area contributed by atoms with Gasteiger partial charge in [-0.3, -0.25) is 0 Å². The zero-order valence-electron chi connectivity index (χ0n) is 11.2. The van der Waals surface area contributed by atoms with Gasteiger partial charge in [-0.1, -0.05) is 19.3 Å². The van der Waals surface area contributed by atoms with Crippen molar-refractivity contribution in [3.8, 4) is 0 Å².